The first-order valence-electron chi connectivity index (χ1n) is 8.90. The molecule has 0 radical (unpaired) electrons. The van der Waals surface area contributed by atoms with E-state index in [-0.39, 0.29) is 18.6 Å². The molecule has 0 bridgehead atoms. The lowest BCUT2D eigenvalue weighted by molar-refractivity contribution is -0.135. The normalized spacial score (nSPS) is 20.8. The van der Waals surface area contributed by atoms with Crippen LogP contribution in [0.4, 0.5) is 0 Å². The molecule has 1 saturated heterocycles. The van der Waals surface area contributed by atoms with Crippen LogP contribution in [0.15, 0.2) is 30.0 Å². The monoisotopic (exact) mass is 360 g/mol. The Balaban J connectivity index is 1.34. The highest BCUT2D eigenvalue weighted by Gasteiger charge is 2.26. The highest BCUT2D eigenvalue weighted by Crippen LogP contribution is 2.24. The van der Waals surface area contributed by atoms with Crippen LogP contribution in [0.25, 0.3) is 0 Å². The van der Waals surface area contributed by atoms with Gasteiger partial charge in [-0.25, -0.2) is 4.98 Å². The Kier molecular flexibility index (Phi) is 5.14. The Morgan fingerprint density at radius 2 is 2.24 bits per heavy atom. The minimum absolute atomic E-state index is 0.120. The minimum Gasteiger partial charge on any atom is -0.369 e. The topological polar surface area (TPSA) is 50.6 Å². The van der Waals surface area contributed by atoms with Crippen LogP contribution in [0.5, 0.6) is 0 Å². The van der Waals surface area contributed by atoms with Crippen LogP contribution in [0.2, 0.25) is 0 Å². The summed E-state index contributed by atoms with van der Waals surface area (Å²) >= 11 is 1.79. The number of imidazole rings is 1. The highest BCUT2D eigenvalue weighted by molar-refractivity contribution is 7.09. The van der Waals surface area contributed by atoms with Crippen molar-refractivity contribution in [2.75, 3.05) is 32.8 Å². The number of nitrogens with zero attached hydrogens (tertiary/aromatic N) is 4. The van der Waals surface area contributed by atoms with E-state index in [2.05, 4.69) is 32.0 Å². The van der Waals surface area contributed by atoms with Gasteiger partial charge in [-0.05, 0) is 24.3 Å². The minimum atomic E-state index is 0.120. The van der Waals surface area contributed by atoms with Crippen LogP contribution in [0.1, 0.15) is 29.5 Å². The number of hydrogen-bond donors (Lipinski definition) is 0. The fourth-order valence-corrected chi connectivity index (χ4v) is 4.43. The summed E-state index contributed by atoms with van der Waals surface area (Å²) in [6.45, 7) is 5.26. The summed E-state index contributed by atoms with van der Waals surface area (Å²) in [4.78, 5) is 22.1. The van der Waals surface area contributed by atoms with Crippen molar-refractivity contribution >= 4 is 17.2 Å². The lowest BCUT2D eigenvalue weighted by Crippen LogP contribution is -2.39. The fraction of sp³-hybridized carbons (Fsp3) is 0.556. The molecule has 1 amide bonds. The summed E-state index contributed by atoms with van der Waals surface area (Å²) in [5, 5.41) is 2.12. The summed E-state index contributed by atoms with van der Waals surface area (Å²) in [7, 11) is 0. The molecule has 2 aromatic heterocycles. The number of aromatic nitrogens is 2. The second-order valence-corrected chi connectivity index (χ2v) is 7.83. The lowest BCUT2D eigenvalue weighted by Gasteiger charge is -2.34. The molecule has 0 N–H and O–H groups in total. The highest BCUT2D eigenvalue weighted by atomic mass is 32.1. The number of carbonyl (C=O) groups is 1. The van der Waals surface area contributed by atoms with Crippen LogP contribution in [-0.2, 0) is 22.6 Å². The van der Waals surface area contributed by atoms with E-state index in [1.165, 1.54) is 10.6 Å². The smallest absolute Gasteiger partial charge is 0.248 e. The van der Waals surface area contributed by atoms with E-state index < -0.39 is 0 Å². The summed E-state index contributed by atoms with van der Waals surface area (Å²) in [6.07, 6.45) is 6.05. The average molecular weight is 360 g/mol. The maximum Gasteiger partial charge on any atom is 0.248 e. The van der Waals surface area contributed by atoms with Gasteiger partial charge in [0.1, 0.15) is 6.61 Å². The average Bonchev–Trinajstić information content (AvgIpc) is 3.36. The van der Waals surface area contributed by atoms with Crippen LogP contribution in [-0.4, -0.2) is 58.1 Å². The number of ether oxygens (including phenoxy) is 1. The number of rotatable bonds is 6. The van der Waals surface area contributed by atoms with Gasteiger partial charge in [-0.3, -0.25) is 9.69 Å². The number of thiophene rings is 1. The van der Waals surface area contributed by atoms with Gasteiger partial charge in [0.05, 0.1) is 24.7 Å². The van der Waals surface area contributed by atoms with Gasteiger partial charge in [0.2, 0.25) is 5.91 Å². The molecule has 0 unspecified atom stereocenters. The van der Waals surface area contributed by atoms with Gasteiger partial charge in [0.25, 0.3) is 0 Å². The van der Waals surface area contributed by atoms with Gasteiger partial charge in [0, 0.05) is 43.8 Å². The lowest BCUT2D eigenvalue weighted by atomic mass is 10.2. The molecule has 25 heavy (non-hydrogen) atoms. The zero-order valence-corrected chi connectivity index (χ0v) is 15.2. The first kappa shape index (κ1) is 16.8. The molecule has 4 heterocycles. The predicted octanol–water partition coefficient (Wildman–Crippen LogP) is 2.14. The maximum absolute atomic E-state index is 12.1. The van der Waals surface area contributed by atoms with Gasteiger partial charge in [-0.15, -0.1) is 11.3 Å². The zero-order valence-electron chi connectivity index (χ0n) is 14.3. The number of amides is 1. The fourth-order valence-electron chi connectivity index (χ4n) is 3.68. The molecule has 1 fully saturated rings. The van der Waals surface area contributed by atoms with E-state index in [1.807, 2.05) is 17.4 Å². The van der Waals surface area contributed by atoms with E-state index in [1.54, 1.807) is 11.3 Å². The van der Waals surface area contributed by atoms with Crippen molar-refractivity contribution in [3.63, 3.8) is 0 Å². The van der Waals surface area contributed by atoms with Gasteiger partial charge < -0.3 is 14.2 Å². The third-order valence-electron chi connectivity index (χ3n) is 4.95. The number of fused-ring (bicyclic) bond motifs is 1. The van der Waals surface area contributed by atoms with Gasteiger partial charge in [-0.2, -0.15) is 0 Å². The molecule has 0 aromatic carbocycles. The maximum atomic E-state index is 12.1. The number of hydrogen-bond acceptors (Lipinski definition) is 5. The van der Waals surface area contributed by atoms with E-state index in [9.17, 15) is 4.79 Å². The third-order valence-corrected chi connectivity index (χ3v) is 5.81. The molecule has 0 aliphatic carbocycles. The van der Waals surface area contributed by atoms with Crippen molar-refractivity contribution in [2.24, 2.45) is 0 Å². The Morgan fingerprint density at radius 1 is 1.36 bits per heavy atom. The van der Waals surface area contributed by atoms with Crippen LogP contribution in [0, 0.1) is 0 Å². The SMILES string of the molecule is O=C(COC[C@@H]1CN(Cc2cccs2)Cc2cncn21)N1CCCC1. The number of likely N-dealkylation sites (tertiary alicyclic amines) is 1. The molecule has 4 rings (SSSR count). The van der Waals surface area contributed by atoms with Gasteiger partial charge >= 0.3 is 0 Å². The second kappa shape index (κ2) is 7.68. The number of carbonyl (C=O) groups excluding carboxylic acids is 1. The Labute approximate surface area is 152 Å². The second-order valence-electron chi connectivity index (χ2n) is 6.80. The van der Waals surface area contributed by atoms with Crippen molar-refractivity contribution in [3.8, 4) is 0 Å². The van der Waals surface area contributed by atoms with Crippen molar-refractivity contribution < 1.29 is 9.53 Å². The van der Waals surface area contributed by atoms with Gasteiger partial charge in [0.15, 0.2) is 0 Å². The summed E-state index contributed by atoms with van der Waals surface area (Å²) in [6, 6.07) is 4.48. The molecule has 2 aliphatic heterocycles. The van der Waals surface area contributed by atoms with Crippen LogP contribution >= 0.6 is 11.3 Å². The standard InChI is InChI=1S/C18H24N4O2S/c23-18(21-5-1-2-6-21)13-24-12-16-10-20(11-17-4-3-7-25-17)9-15-8-19-14-22(15)16/h3-4,7-8,14,16H,1-2,5-6,9-13H2/t16-/m0/s1. The quantitative estimate of drug-likeness (QED) is 0.792. The van der Waals surface area contributed by atoms with E-state index in [0.717, 1.165) is 45.6 Å². The molecule has 0 saturated carbocycles. The molecule has 134 valence electrons. The van der Waals surface area contributed by atoms with Gasteiger partial charge in [-0.1, -0.05) is 6.07 Å². The van der Waals surface area contributed by atoms with Crippen molar-refractivity contribution in [1.29, 1.82) is 0 Å². The molecule has 0 spiro atoms. The Hall–Kier alpha value is -1.70. The van der Waals surface area contributed by atoms with E-state index in [0.29, 0.717) is 6.61 Å². The first-order chi connectivity index (χ1) is 12.3. The molecular formula is C18H24N4O2S. The molecule has 2 aromatic rings. The Bertz CT molecular complexity index is 694. The third kappa shape index (κ3) is 3.94. The van der Waals surface area contributed by atoms with E-state index in [4.69, 9.17) is 4.74 Å². The zero-order chi connectivity index (χ0) is 17.1. The summed E-state index contributed by atoms with van der Waals surface area (Å²) in [5.74, 6) is 0.120. The molecule has 7 heteroatoms. The van der Waals surface area contributed by atoms with Crippen molar-refractivity contribution in [1.82, 2.24) is 19.4 Å². The molecule has 6 nitrogen and oxygen atoms in total. The first-order valence-corrected chi connectivity index (χ1v) is 9.78. The van der Waals surface area contributed by atoms with Crippen LogP contribution < -0.4 is 0 Å². The van der Waals surface area contributed by atoms with Crippen LogP contribution in [0.3, 0.4) is 0 Å². The molecular weight excluding hydrogens is 336 g/mol. The largest absolute Gasteiger partial charge is 0.369 e. The predicted molar refractivity (Wildman–Crippen MR) is 96.3 cm³/mol. The summed E-state index contributed by atoms with van der Waals surface area (Å²) in [5.41, 5.74) is 1.21. The molecule has 2 aliphatic rings. The van der Waals surface area contributed by atoms with Crippen molar-refractivity contribution in [2.45, 2.75) is 32.0 Å². The van der Waals surface area contributed by atoms with E-state index >= 15 is 0 Å². The molecule has 1 atom stereocenters. The summed E-state index contributed by atoms with van der Waals surface area (Å²) < 4.78 is 7.99. The Morgan fingerprint density at radius 3 is 3.04 bits per heavy atom. The van der Waals surface area contributed by atoms with Crippen molar-refractivity contribution in [3.05, 3.63) is 40.6 Å².